The molecule has 45 heavy (non-hydrogen) atoms. The van der Waals surface area contributed by atoms with Crippen molar-refractivity contribution in [2.45, 2.75) is 31.7 Å². The van der Waals surface area contributed by atoms with Gasteiger partial charge in [-0.05, 0) is 55.5 Å². The Hall–Kier alpha value is -4.69. The molecule has 0 bridgehead atoms. The number of aliphatic imine (C=N–C) groups is 1. The van der Waals surface area contributed by atoms with Crippen LogP contribution in [0.4, 0.5) is 5.69 Å². The number of rotatable bonds is 10. The molecule has 3 aromatic carbocycles. The largest absolute Gasteiger partial charge is 0.507 e. The quantitative estimate of drug-likeness (QED) is 0.144. The number of phenols is 1. The van der Waals surface area contributed by atoms with Crippen LogP contribution in [0.1, 0.15) is 45.2 Å². The number of nitrogens with zero attached hydrogens (tertiary/aromatic N) is 2. The van der Waals surface area contributed by atoms with Crippen molar-refractivity contribution in [3.63, 3.8) is 0 Å². The van der Waals surface area contributed by atoms with E-state index in [9.17, 15) is 19.5 Å². The van der Waals surface area contributed by atoms with Crippen molar-refractivity contribution in [2.24, 2.45) is 4.99 Å². The van der Waals surface area contributed by atoms with Crippen molar-refractivity contribution in [2.75, 3.05) is 32.2 Å². The molecule has 6 N–H and O–H groups in total. The Morgan fingerprint density at radius 1 is 0.978 bits per heavy atom. The molecule has 2 aliphatic rings. The average molecular weight is 636 g/mol. The molecule has 236 valence electrons. The maximum absolute atomic E-state index is 13.2. The smallest absolute Gasteiger partial charge is 0.278 e. The normalized spacial score (nSPS) is 18.6. The summed E-state index contributed by atoms with van der Waals surface area (Å²) in [5.74, 6) is -1.05. The van der Waals surface area contributed by atoms with Gasteiger partial charge in [-0.2, -0.15) is 0 Å². The number of hydrogen-bond donors (Lipinski definition) is 6. The molecule has 0 spiro atoms. The monoisotopic (exact) mass is 635 g/mol. The number of hydrazine groups is 1. The third kappa shape index (κ3) is 7.02. The molecule has 0 radical (unpaired) electrons. The minimum Gasteiger partial charge on any atom is -0.507 e. The predicted octanol–water partition coefficient (Wildman–Crippen LogP) is 2.09. The van der Waals surface area contributed by atoms with E-state index in [0.29, 0.717) is 16.5 Å². The van der Waals surface area contributed by atoms with Crippen LogP contribution >= 0.6 is 11.6 Å². The molecule has 3 amide bonds. The summed E-state index contributed by atoms with van der Waals surface area (Å²) >= 11 is 6.18. The Morgan fingerprint density at radius 3 is 2.44 bits per heavy atom. The lowest BCUT2D eigenvalue weighted by Gasteiger charge is -2.31. The fourth-order valence-corrected chi connectivity index (χ4v) is 5.46. The summed E-state index contributed by atoms with van der Waals surface area (Å²) in [4.78, 5) is 49.5. The van der Waals surface area contributed by atoms with Crippen molar-refractivity contribution in [1.29, 1.82) is 0 Å². The molecule has 2 aliphatic heterocycles. The van der Waals surface area contributed by atoms with Crippen molar-refractivity contribution in [3.05, 3.63) is 87.9 Å². The lowest BCUT2D eigenvalue weighted by atomic mass is 9.99. The number of anilines is 1. The van der Waals surface area contributed by atoms with E-state index >= 15 is 0 Å². The predicted molar refractivity (Wildman–Crippen MR) is 168 cm³/mol. The van der Waals surface area contributed by atoms with Crippen LogP contribution in [0.2, 0.25) is 5.02 Å². The van der Waals surface area contributed by atoms with E-state index < -0.39 is 17.9 Å². The summed E-state index contributed by atoms with van der Waals surface area (Å²) in [6, 6.07) is 16.7. The number of ether oxygens (including phenoxy) is 1. The van der Waals surface area contributed by atoms with Gasteiger partial charge >= 0.3 is 0 Å². The lowest BCUT2D eigenvalue weighted by molar-refractivity contribution is -0.121. The van der Waals surface area contributed by atoms with E-state index in [0.717, 1.165) is 16.8 Å². The Balaban J connectivity index is 1.28. The molecule has 3 aromatic rings. The lowest BCUT2D eigenvalue weighted by Crippen LogP contribution is -2.48. The second-order valence-corrected chi connectivity index (χ2v) is 10.9. The number of hydrogen-bond acceptors (Lipinski definition) is 10. The molecule has 0 aliphatic carbocycles. The van der Waals surface area contributed by atoms with E-state index in [-0.39, 0.29) is 54.6 Å². The van der Waals surface area contributed by atoms with E-state index in [2.05, 4.69) is 36.7 Å². The summed E-state index contributed by atoms with van der Waals surface area (Å²) in [7, 11) is 2.88. The molecule has 0 aromatic heterocycles. The first-order valence-corrected chi connectivity index (χ1v) is 14.6. The molecule has 3 atom stereocenters. The molecule has 3 unspecified atom stereocenters. The highest BCUT2D eigenvalue weighted by molar-refractivity contribution is 6.30. The molecular weight excluding hydrogens is 602 g/mol. The highest BCUT2D eigenvalue weighted by Crippen LogP contribution is 2.36. The standard InChI is InChI=1S/C31H34ClN7O6/c1-17-36-37-29-24(16-27(41)33-12-13-34-30(42)19-6-10-22(26(40)14-19)31(43)38-45-3)35-28(18-4-7-20(32)8-5-18)23-15-21(44-2)9-11-25(23)39(17)29/h4-11,14-15,17,24,29,36-37,40H,12-13,16H2,1-3H3,(H,33,41)(H,34,42)(H,38,43). The number of amides is 3. The molecule has 1 fully saturated rings. The van der Waals surface area contributed by atoms with Gasteiger partial charge in [0.25, 0.3) is 11.8 Å². The topological polar surface area (TPSA) is 166 Å². The third-order valence-corrected chi connectivity index (χ3v) is 7.75. The van der Waals surface area contributed by atoms with E-state index in [1.807, 2.05) is 37.3 Å². The van der Waals surface area contributed by atoms with E-state index in [1.165, 1.54) is 25.3 Å². The van der Waals surface area contributed by atoms with Crippen LogP contribution in [-0.4, -0.2) is 74.2 Å². The van der Waals surface area contributed by atoms with Gasteiger partial charge in [-0.15, -0.1) is 0 Å². The van der Waals surface area contributed by atoms with Crippen molar-refractivity contribution in [3.8, 4) is 11.5 Å². The number of phenolic OH excluding ortho intramolecular Hbond substituents is 1. The van der Waals surface area contributed by atoms with Crippen LogP contribution in [0, 0.1) is 0 Å². The van der Waals surface area contributed by atoms with Gasteiger partial charge < -0.3 is 25.4 Å². The third-order valence-electron chi connectivity index (χ3n) is 7.50. The van der Waals surface area contributed by atoms with Gasteiger partial charge in [-0.3, -0.25) is 24.2 Å². The summed E-state index contributed by atoms with van der Waals surface area (Å²) in [6.45, 7) is 2.33. The van der Waals surface area contributed by atoms with Crippen LogP contribution in [-0.2, 0) is 9.63 Å². The number of hydroxylamine groups is 1. The molecule has 2 heterocycles. The minimum atomic E-state index is -0.646. The number of nitrogens with one attached hydrogen (secondary N) is 5. The van der Waals surface area contributed by atoms with Gasteiger partial charge in [0.1, 0.15) is 17.7 Å². The van der Waals surface area contributed by atoms with Crippen LogP contribution in [0.25, 0.3) is 0 Å². The Labute approximate surface area is 264 Å². The maximum Gasteiger partial charge on any atom is 0.278 e. The SMILES string of the molecule is CONC(=O)c1ccc(C(=O)NCCNC(=O)CC2N=C(c3ccc(Cl)cc3)c3cc(OC)ccc3N3C(C)NNC23)cc1O. The van der Waals surface area contributed by atoms with Gasteiger partial charge in [-0.1, -0.05) is 23.7 Å². The molecule has 13 nitrogen and oxygen atoms in total. The zero-order chi connectivity index (χ0) is 32.1. The summed E-state index contributed by atoms with van der Waals surface area (Å²) in [5.41, 5.74) is 12.1. The zero-order valence-corrected chi connectivity index (χ0v) is 25.6. The van der Waals surface area contributed by atoms with Gasteiger partial charge in [0.05, 0.1) is 44.1 Å². The number of aromatic hydroxyl groups is 1. The highest BCUT2D eigenvalue weighted by Gasteiger charge is 2.40. The average Bonchev–Trinajstić information content (AvgIpc) is 3.36. The first kappa shape index (κ1) is 31.7. The van der Waals surface area contributed by atoms with Gasteiger partial charge in [0.15, 0.2) is 0 Å². The number of benzene rings is 3. The van der Waals surface area contributed by atoms with Gasteiger partial charge in [-0.25, -0.2) is 16.3 Å². The van der Waals surface area contributed by atoms with Gasteiger partial charge in [0.2, 0.25) is 5.91 Å². The number of fused-ring (bicyclic) bond motifs is 3. The second kappa shape index (κ2) is 13.9. The first-order valence-electron chi connectivity index (χ1n) is 14.2. The van der Waals surface area contributed by atoms with Crippen LogP contribution in [0.3, 0.4) is 0 Å². The fourth-order valence-electron chi connectivity index (χ4n) is 5.34. The van der Waals surface area contributed by atoms with E-state index in [1.54, 1.807) is 19.2 Å². The van der Waals surface area contributed by atoms with Crippen LogP contribution in [0.15, 0.2) is 65.7 Å². The maximum atomic E-state index is 13.2. The van der Waals surface area contributed by atoms with Gasteiger partial charge in [0, 0.05) is 40.5 Å². The minimum absolute atomic E-state index is 0.0387. The van der Waals surface area contributed by atoms with Crippen molar-refractivity contribution >= 4 is 40.7 Å². The number of carbonyl (C=O) groups excluding carboxylic acids is 3. The Bertz CT molecular complexity index is 1620. The molecule has 0 saturated carbocycles. The molecule has 1 saturated heterocycles. The van der Waals surface area contributed by atoms with Crippen LogP contribution in [0.5, 0.6) is 11.5 Å². The Kier molecular flexibility index (Phi) is 9.83. The van der Waals surface area contributed by atoms with E-state index in [4.69, 9.17) is 21.3 Å². The number of halogens is 1. The summed E-state index contributed by atoms with van der Waals surface area (Å²) in [5, 5.41) is 16.3. The molecular formula is C31H34ClN7O6. The summed E-state index contributed by atoms with van der Waals surface area (Å²) in [6.07, 6.45) is -0.355. The number of methoxy groups -OCH3 is 1. The molecule has 14 heteroatoms. The fraction of sp³-hybridized carbons (Fsp3) is 0.290. The van der Waals surface area contributed by atoms with Crippen molar-refractivity contribution in [1.82, 2.24) is 27.0 Å². The number of carbonyl (C=O) groups is 3. The first-order chi connectivity index (χ1) is 21.7. The zero-order valence-electron chi connectivity index (χ0n) is 24.9. The second-order valence-electron chi connectivity index (χ2n) is 10.4. The highest BCUT2D eigenvalue weighted by atomic mass is 35.5. The summed E-state index contributed by atoms with van der Waals surface area (Å²) < 4.78 is 5.53. The Morgan fingerprint density at radius 2 is 1.73 bits per heavy atom. The van der Waals surface area contributed by atoms with Crippen molar-refractivity contribution < 1.29 is 29.1 Å². The van der Waals surface area contributed by atoms with Crippen LogP contribution < -0.4 is 36.6 Å². The molecule has 5 rings (SSSR count).